The summed E-state index contributed by atoms with van der Waals surface area (Å²) in [5.41, 5.74) is 7.80. The van der Waals surface area contributed by atoms with E-state index in [1.807, 2.05) is 0 Å². The predicted molar refractivity (Wildman–Crippen MR) is 43.0 cm³/mol. The number of ether oxygens (including phenoxy) is 1. The highest BCUT2D eigenvalue weighted by Gasteiger charge is 1.92. The van der Waals surface area contributed by atoms with Crippen molar-refractivity contribution in [1.29, 1.82) is 0 Å². The van der Waals surface area contributed by atoms with Crippen LogP contribution in [0.3, 0.4) is 0 Å². The van der Waals surface area contributed by atoms with Gasteiger partial charge in [-0.3, -0.25) is 0 Å². The van der Waals surface area contributed by atoms with Gasteiger partial charge in [-0.2, -0.15) is 0 Å². The van der Waals surface area contributed by atoms with E-state index in [1.54, 1.807) is 0 Å². The maximum absolute atomic E-state index is 10.6. The number of carbonyl (C=O) groups excluding carboxylic acids is 1. The van der Waals surface area contributed by atoms with Crippen LogP contribution in [0.25, 0.3) is 10.4 Å². The van der Waals surface area contributed by atoms with Crippen LogP contribution in [0.4, 0.5) is 0 Å². The van der Waals surface area contributed by atoms with Crippen LogP contribution in [0.1, 0.15) is 0 Å². The lowest BCUT2D eigenvalue weighted by Gasteiger charge is -1.94. The molecule has 0 aromatic carbocycles. The largest absolute Gasteiger partial charge is 0.462 e. The van der Waals surface area contributed by atoms with Gasteiger partial charge in [0.15, 0.2) is 0 Å². The van der Waals surface area contributed by atoms with Gasteiger partial charge in [0.05, 0.1) is 0 Å². The van der Waals surface area contributed by atoms with E-state index in [-0.39, 0.29) is 0 Å². The van der Waals surface area contributed by atoms with E-state index >= 15 is 0 Å². The predicted octanol–water partition coefficient (Wildman–Crippen LogP) is 1.75. The van der Waals surface area contributed by atoms with Crippen molar-refractivity contribution in [1.82, 2.24) is 0 Å². The van der Waals surface area contributed by atoms with Crippen LogP contribution in [0.15, 0.2) is 17.4 Å². The summed E-state index contributed by atoms with van der Waals surface area (Å²) in [5, 5.41) is 3.60. The van der Waals surface area contributed by atoms with Gasteiger partial charge in [-0.1, -0.05) is 21.0 Å². The zero-order chi connectivity index (χ0) is 8.53. The molecule has 0 saturated heterocycles. The summed E-state index contributed by atoms with van der Waals surface area (Å²) in [7, 11) is 0. The third kappa shape index (κ3) is 6.89. The van der Waals surface area contributed by atoms with E-state index in [4.69, 9.17) is 5.53 Å². The van der Waals surface area contributed by atoms with E-state index in [9.17, 15) is 4.79 Å². The van der Waals surface area contributed by atoms with Crippen molar-refractivity contribution in [3.63, 3.8) is 0 Å². The highest BCUT2D eigenvalue weighted by molar-refractivity contribution is 9.09. The van der Waals surface area contributed by atoms with Crippen LogP contribution in [-0.4, -0.2) is 17.9 Å². The molecule has 5 nitrogen and oxygen atoms in total. The molecule has 0 aromatic heterocycles. The van der Waals surface area contributed by atoms with E-state index in [2.05, 4.69) is 30.7 Å². The van der Waals surface area contributed by atoms with E-state index in [0.29, 0.717) is 11.9 Å². The number of azide groups is 1. The van der Waals surface area contributed by atoms with Gasteiger partial charge in [0.2, 0.25) is 0 Å². The highest BCUT2D eigenvalue weighted by atomic mass is 79.9. The van der Waals surface area contributed by atoms with Gasteiger partial charge in [0.25, 0.3) is 0 Å². The van der Waals surface area contributed by atoms with Gasteiger partial charge in [-0.05, 0) is 5.53 Å². The molecule has 0 N–H and O–H groups in total. The first-order valence-electron chi connectivity index (χ1n) is 2.74. The van der Waals surface area contributed by atoms with Crippen molar-refractivity contribution in [2.45, 2.75) is 0 Å². The molecular formula is C5H6BrN3O2. The second kappa shape index (κ2) is 7.11. The van der Waals surface area contributed by atoms with E-state index < -0.39 is 5.97 Å². The highest BCUT2D eigenvalue weighted by Crippen LogP contribution is 1.85. The fraction of sp³-hybridized carbons (Fsp3) is 0.400. The SMILES string of the molecule is [N-]=[N+]=NC=CC(=O)OCCBr. The Labute approximate surface area is 71.8 Å². The van der Waals surface area contributed by atoms with Gasteiger partial charge in [-0.25, -0.2) is 4.79 Å². The number of hydrogen-bond acceptors (Lipinski definition) is 3. The summed E-state index contributed by atoms with van der Waals surface area (Å²) >= 11 is 3.08. The van der Waals surface area contributed by atoms with Crippen LogP contribution in [-0.2, 0) is 9.53 Å². The normalized spacial score (nSPS) is 9.18. The Bertz CT molecular complexity index is 198. The number of nitrogens with zero attached hydrogens (tertiary/aromatic N) is 3. The number of halogens is 1. The fourth-order valence-corrected chi connectivity index (χ4v) is 0.473. The third-order valence-corrected chi connectivity index (χ3v) is 0.974. The van der Waals surface area contributed by atoms with Crippen LogP contribution in [0.2, 0.25) is 0 Å². The van der Waals surface area contributed by atoms with Crippen molar-refractivity contribution in [3.8, 4) is 0 Å². The molecule has 0 saturated carbocycles. The molecule has 0 spiro atoms. The summed E-state index contributed by atoms with van der Waals surface area (Å²) < 4.78 is 4.58. The summed E-state index contributed by atoms with van der Waals surface area (Å²) in [6.45, 7) is 0.305. The number of esters is 1. The first-order valence-corrected chi connectivity index (χ1v) is 3.87. The van der Waals surface area contributed by atoms with Crippen LogP contribution in [0.5, 0.6) is 0 Å². The van der Waals surface area contributed by atoms with Gasteiger partial charge in [0, 0.05) is 22.5 Å². The molecule has 0 unspecified atom stereocenters. The molecule has 6 heteroatoms. The molecule has 0 aromatic rings. The summed E-state index contributed by atoms with van der Waals surface area (Å²) in [6, 6.07) is 0. The molecule has 0 fully saturated rings. The molecule has 0 heterocycles. The summed E-state index contributed by atoms with van der Waals surface area (Å²) in [6.07, 6.45) is 2.10. The number of rotatable bonds is 4. The molecule has 0 aliphatic carbocycles. The van der Waals surface area contributed by atoms with Crippen LogP contribution < -0.4 is 0 Å². The van der Waals surface area contributed by atoms with Crippen molar-refractivity contribution in [3.05, 3.63) is 22.7 Å². The molecule has 11 heavy (non-hydrogen) atoms. The average molecular weight is 220 g/mol. The molecule has 0 radical (unpaired) electrons. The first kappa shape index (κ1) is 10.0. The van der Waals surface area contributed by atoms with Crippen molar-refractivity contribution in [2.24, 2.45) is 5.11 Å². The van der Waals surface area contributed by atoms with Crippen molar-refractivity contribution < 1.29 is 9.53 Å². The lowest BCUT2D eigenvalue weighted by atomic mass is 10.6. The lowest BCUT2D eigenvalue weighted by molar-refractivity contribution is -0.137. The van der Waals surface area contributed by atoms with Crippen molar-refractivity contribution >= 4 is 21.9 Å². The molecule has 0 aliphatic heterocycles. The number of carbonyl (C=O) groups is 1. The average Bonchev–Trinajstić information content (AvgIpc) is 2.01. The maximum Gasteiger partial charge on any atom is 0.330 e. The Hall–Kier alpha value is -1.00. The zero-order valence-corrected chi connectivity index (χ0v) is 7.19. The number of hydrogen-bond donors (Lipinski definition) is 0. The molecule has 0 amide bonds. The first-order chi connectivity index (χ1) is 5.31. The third-order valence-electron chi connectivity index (χ3n) is 0.650. The minimum atomic E-state index is -0.517. The van der Waals surface area contributed by atoms with E-state index in [1.165, 1.54) is 0 Å². The van der Waals surface area contributed by atoms with Crippen molar-refractivity contribution in [2.75, 3.05) is 11.9 Å². The molecular weight excluding hydrogens is 214 g/mol. The lowest BCUT2D eigenvalue weighted by Crippen LogP contribution is -2.02. The molecule has 0 bridgehead atoms. The Morgan fingerprint density at radius 1 is 1.82 bits per heavy atom. The van der Waals surface area contributed by atoms with Gasteiger partial charge >= 0.3 is 5.97 Å². The molecule has 60 valence electrons. The van der Waals surface area contributed by atoms with Gasteiger partial charge < -0.3 is 4.74 Å². The minimum absolute atomic E-state index is 0.305. The number of alkyl halides is 1. The second-order valence-electron chi connectivity index (χ2n) is 1.38. The second-order valence-corrected chi connectivity index (χ2v) is 2.17. The Morgan fingerprint density at radius 2 is 2.55 bits per heavy atom. The summed E-state index contributed by atoms with van der Waals surface area (Å²) in [5.74, 6) is -0.517. The monoisotopic (exact) mass is 219 g/mol. The topological polar surface area (TPSA) is 75.1 Å². The minimum Gasteiger partial charge on any atom is -0.462 e. The summed E-state index contributed by atoms with van der Waals surface area (Å²) in [4.78, 5) is 13.0. The Morgan fingerprint density at radius 3 is 3.09 bits per heavy atom. The molecule has 0 aliphatic rings. The van der Waals surface area contributed by atoms with Gasteiger partial charge in [-0.15, -0.1) is 0 Å². The van der Waals surface area contributed by atoms with Crippen LogP contribution in [0, 0.1) is 0 Å². The maximum atomic E-state index is 10.6. The molecule has 0 rings (SSSR count). The standard InChI is InChI=1S/C5H6BrN3O2/c6-2-4-11-5(10)1-3-8-9-7/h1,3H,2,4H2. The quantitative estimate of drug-likeness (QED) is 0.181. The van der Waals surface area contributed by atoms with E-state index in [0.717, 1.165) is 12.3 Å². The molecule has 0 atom stereocenters. The fourth-order valence-electron chi connectivity index (χ4n) is 0.311. The zero-order valence-electron chi connectivity index (χ0n) is 5.61. The Balaban J connectivity index is 3.59. The van der Waals surface area contributed by atoms with Crippen LogP contribution >= 0.6 is 15.9 Å². The van der Waals surface area contributed by atoms with Gasteiger partial charge in [0.1, 0.15) is 6.61 Å². The Kier molecular flexibility index (Phi) is 6.46. The smallest absolute Gasteiger partial charge is 0.330 e.